The van der Waals surface area contributed by atoms with E-state index in [0.29, 0.717) is 10.9 Å². The molecule has 0 unspecified atom stereocenters. The van der Waals surface area contributed by atoms with Crippen LogP contribution < -0.4 is 4.74 Å². The predicted octanol–water partition coefficient (Wildman–Crippen LogP) is 8.06. The van der Waals surface area contributed by atoms with Gasteiger partial charge in [0.15, 0.2) is 0 Å². The van der Waals surface area contributed by atoms with E-state index < -0.39 is 5.97 Å². The van der Waals surface area contributed by atoms with E-state index in [2.05, 4.69) is 32.1 Å². The molecule has 3 nitrogen and oxygen atoms in total. The van der Waals surface area contributed by atoms with E-state index in [1.165, 1.54) is 5.56 Å². The number of benzene rings is 3. The average molecular weight is 445 g/mol. The number of carboxylic acid groups (broad SMARTS) is 1. The van der Waals surface area contributed by atoms with Gasteiger partial charge in [0.2, 0.25) is 0 Å². The van der Waals surface area contributed by atoms with Crippen molar-refractivity contribution in [3.8, 4) is 11.5 Å². The van der Waals surface area contributed by atoms with Crippen molar-refractivity contribution < 1.29 is 14.6 Å². The van der Waals surface area contributed by atoms with Crippen LogP contribution in [0, 0.1) is 0 Å². The zero-order valence-corrected chi connectivity index (χ0v) is 19.1. The maximum absolute atomic E-state index is 11.4. The Hall–Kier alpha value is -3.30. The lowest BCUT2D eigenvalue weighted by molar-refractivity contribution is -0.135. The fourth-order valence-corrected chi connectivity index (χ4v) is 4.16. The third-order valence-corrected chi connectivity index (χ3v) is 5.99. The van der Waals surface area contributed by atoms with E-state index in [-0.39, 0.29) is 6.42 Å². The number of carbonyl (C=O) groups is 1. The van der Waals surface area contributed by atoms with Crippen LogP contribution in [0.1, 0.15) is 55.4 Å². The van der Waals surface area contributed by atoms with Gasteiger partial charge < -0.3 is 9.84 Å². The standard InChI is InChI=1S/C28H25ClO3/c1-17(2)20-6-11-23(12-7-20)32-22-9-4-19(5-10-22)14-25-18(3)26(16-28(30)31)27-15-21(29)8-13-24(25)27/h4-15,17H,16H2,1-3H3,(H,30,31)/b25-14-. The number of aliphatic carboxylic acids is 1. The van der Waals surface area contributed by atoms with Crippen LogP contribution in [-0.2, 0) is 4.79 Å². The van der Waals surface area contributed by atoms with E-state index in [4.69, 9.17) is 16.3 Å². The molecule has 1 aliphatic rings. The summed E-state index contributed by atoms with van der Waals surface area (Å²) in [4.78, 5) is 11.4. The van der Waals surface area contributed by atoms with Crippen LogP contribution in [0.15, 0.2) is 72.3 Å². The van der Waals surface area contributed by atoms with Crippen molar-refractivity contribution in [1.29, 1.82) is 0 Å². The first-order valence-electron chi connectivity index (χ1n) is 10.6. The first-order valence-corrected chi connectivity index (χ1v) is 11.0. The van der Waals surface area contributed by atoms with Gasteiger partial charge in [-0.3, -0.25) is 4.79 Å². The highest BCUT2D eigenvalue weighted by atomic mass is 35.5. The molecule has 162 valence electrons. The molecule has 4 heteroatoms. The molecule has 0 aliphatic heterocycles. The topological polar surface area (TPSA) is 46.5 Å². The number of ether oxygens (including phenoxy) is 1. The van der Waals surface area contributed by atoms with Crippen molar-refractivity contribution in [3.05, 3.63) is 99.6 Å². The molecule has 1 aliphatic carbocycles. The van der Waals surface area contributed by atoms with Crippen LogP contribution in [0.25, 0.3) is 17.2 Å². The van der Waals surface area contributed by atoms with Gasteiger partial charge in [0.05, 0.1) is 6.42 Å². The van der Waals surface area contributed by atoms with Gasteiger partial charge in [-0.05, 0) is 94.3 Å². The molecule has 3 aromatic carbocycles. The number of carboxylic acids is 1. The van der Waals surface area contributed by atoms with Crippen molar-refractivity contribution in [2.45, 2.75) is 33.1 Å². The van der Waals surface area contributed by atoms with Gasteiger partial charge in [-0.1, -0.05) is 55.8 Å². The Balaban J connectivity index is 1.60. The molecule has 4 rings (SSSR count). The van der Waals surface area contributed by atoms with Crippen LogP contribution in [0.3, 0.4) is 0 Å². The van der Waals surface area contributed by atoms with Crippen LogP contribution in [0.2, 0.25) is 5.02 Å². The van der Waals surface area contributed by atoms with Crippen molar-refractivity contribution in [2.24, 2.45) is 0 Å². The first-order chi connectivity index (χ1) is 15.3. The Morgan fingerprint density at radius 1 is 0.969 bits per heavy atom. The Bertz CT molecular complexity index is 1220. The van der Waals surface area contributed by atoms with Crippen molar-refractivity contribution in [1.82, 2.24) is 0 Å². The quantitative estimate of drug-likeness (QED) is 0.418. The Labute approximate surface area is 193 Å². The van der Waals surface area contributed by atoms with Crippen molar-refractivity contribution in [2.75, 3.05) is 0 Å². The first kappa shape index (κ1) is 21.9. The fraction of sp³-hybridized carbons (Fsp3) is 0.179. The highest BCUT2D eigenvalue weighted by Gasteiger charge is 2.25. The third kappa shape index (κ3) is 4.63. The second-order valence-electron chi connectivity index (χ2n) is 8.32. The minimum Gasteiger partial charge on any atom is -0.481 e. The molecule has 0 radical (unpaired) electrons. The summed E-state index contributed by atoms with van der Waals surface area (Å²) in [5, 5.41) is 9.96. The van der Waals surface area contributed by atoms with E-state index in [9.17, 15) is 9.90 Å². The number of fused-ring (bicyclic) bond motifs is 1. The molecule has 0 amide bonds. The minimum atomic E-state index is -0.852. The van der Waals surface area contributed by atoms with Gasteiger partial charge in [0.1, 0.15) is 11.5 Å². The van der Waals surface area contributed by atoms with Gasteiger partial charge in [0.25, 0.3) is 0 Å². The molecule has 0 spiro atoms. The van der Waals surface area contributed by atoms with Gasteiger partial charge in [-0.15, -0.1) is 0 Å². The molecule has 0 saturated heterocycles. The molecular formula is C28H25ClO3. The summed E-state index contributed by atoms with van der Waals surface area (Å²) < 4.78 is 5.98. The molecule has 0 aromatic heterocycles. The van der Waals surface area contributed by atoms with E-state index >= 15 is 0 Å². The summed E-state index contributed by atoms with van der Waals surface area (Å²) >= 11 is 6.19. The molecule has 0 saturated carbocycles. The summed E-state index contributed by atoms with van der Waals surface area (Å²) in [6.45, 7) is 6.31. The van der Waals surface area contributed by atoms with Crippen molar-refractivity contribution in [3.63, 3.8) is 0 Å². The zero-order valence-electron chi connectivity index (χ0n) is 18.4. The van der Waals surface area contributed by atoms with Gasteiger partial charge in [0, 0.05) is 5.02 Å². The van der Waals surface area contributed by atoms with Crippen LogP contribution >= 0.6 is 11.6 Å². The lowest BCUT2D eigenvalue weighted by Gasteiger charge is -2.09. The number of hydrogen-bond acceptors (Lipinski definition) is 2. The molecule has 32 heavy (non-hydrogen) atoms. The normalized spacial score (nSPS) is 14.2. The molecule has 0 bridgehead atoms. The third-order valence-electron chi connectivity index (χ3n) is 5.76. The van der Waals surface area contributed by atoms with E-state index in [0.717, 1.165) is 44.9 Å². The maximum atomic E-state index is 11.4. The van der Waals surface area contributed by atoms with Crippen LogP contribution in [-0.4, -0.2) is 11.1 Å². The molecule has 1 N–H and O–H groups in total. The lowest BCUT2D eigenvalue weighted by atomic mass is 10.0. The van der Waals surface area contributed by atoms with Gasteiger partial charge in [-0.2, -0.15) is 0 Å². The predicted molar refractivity (Wildman–Crippen MR) is 131 cm³/mol. The highest BCUT2D eigenvalue weighted by molar-refractivity contribution is 6.31. The summed E-state index contributed by atoms with van der Waals surface area (Å²) in [5.74, 6) is 1.21. The van der Waals surface area contributed by atoms with Gasteiger partial charge >= 0.3 is 5.97 Å². The number of halogens is 1. The fourth-order valence-electron chi connectivity index (χ4n) is 3.99. The maximum Gasteiger partial charge on any atom is 0.307 e. The van der Waals surface area contributed by atoms with Crippen LogP contribution in [0.4, 0.5) is 0 Å². The molecule has 3 aromatic rings. The number of hydrogen-bond donors (Lipinski definition) is 1. The number of allylic oxidation sites excluding steroid dienone is 2. The lowest BCUT2D eigenvalue weighted by Crippen LogP contribution is -1.96. The monoisotopic (exact) mass is 444 g/mol. The largest absolute Gasteiger partial charge is 0.481 e. The second kappa shape index (κ2) is 9.05. The number of rotatable bonds is 6. The summed E-state index contributed by atoms with van der Waals surface area (Å²) in [6, 6.07) is 21.7. The highest BCUT2D eigenvalue weighted by Crippen LogP contribution is 2.44. The van der Waals surface area contributed by atoms with Crippen LogP contribution in [0.5, 0.6) is 11.5 Å². The molecule has 0 atom stereocenters. The smallest absolute Gasteiger partial charge is 0.307 e. The van der Waals surface area contributed by atoms with Crippen molar-refractivity contribution >= 4 is 34.8 Å². The Morgan fingerprint density at radius 2 is 1.59 bits per heavy atom. The molecular weight excluding hydrogens is 420 g/mol. The van der Waals surface area contributed by atoms with Gasteiger partial charge in [-0.25, -0.2) is 0 Å². The van der Waals surface area contributed by atoms with E-state index in [1.807, 2.05) is 61.5 Å². The minimum absolute atomic E-state index is 0.0289. The molecule has 0 fully saturated rings. The second-order valence-corrected chi connectivity index (χ2v) is 8.75. The SMILES string of the molecule is CC1=C(CC(=O)O)c2cc(Cl)ccc2/C1=C\c1ccc(Oc2ccc(C(C)C)cc2)cc1. The zero-order chi connectivity index (χ0) is 22.8. The Kier molecular flexibility index (Phi) is 6.20. The Morgan fingerprint density at radius 3 is 2.19 bits per heavy atom. The molecule has 0 heterocycles. The summed E-state index contributed by atoms with van der Waals surface area (Å²) in [5.41, 5.74) is 7.00. The summed E-state index contributed by atoms with van der Waals surface area (Å²) in [7, 11) is 0. The summed E-state index contributed by atoms with van der Waals surface area (Å²) in [6.07, 6.45) is 2.05. The van der Waals surface area contributed by atoms with E-state index in [1.54, 1.807) is 0 Å². The average Bonchev–Trinajstić information content (AvgIpc) is 3.00.